The van der Waals surface area contributed by atoms with Gasteiger partial charge in [-0.3, -0.25) is 29.5 Å². The third-order valence-electron chi connectivity index (χ3n) is 2.36. The van der Waals surface area contributed by atoms with Gasteiger partial charge in [0.05, 0.1) is 4.92 Å². The minimum absolute atomic E-state index is 0.0280. The number of aryl methyl sites for hydroxylation is 2. The highest BCUT2D eigenvalue weighted by Crippen LogP contribution is 2.33. The molecule has 0 unspecified atom stereocenters. The zero-order valence-electron chi connectivity index (χ0n) is 10.9. The van der Waals surface area contributed by atoms with Gasteiger partial charge >= 0.3 is 16.8 Å². The van der Waals surface area contributed by atoms with Crippen LogP contribution in [-0.4, -0.2) is 29.7 Å². The van der Waals surface area contributed by atoms with Crippen LogP contribution in [0.15, 0.2) is 19.8 Å². The average Bonchev–Trinajstić information content (AvgIpc) is 2.34. The quantitative estimate of drug-likeness (QED) is 0.320. The van der Waals surface area contributed by atoms with Crippen molar-refractivity contribution in [3.63, 3.8) is 0 Å². The largest absolute Gasteiger partial charge is 0.368 e. The van der Waals surface area contributed by atoms with Crippen LogP contribution in [0.2, 0.25) is 0 Å². The van der Waals surface area contributed by atoms with Crippen LogP contribution in [0.25, 0.3) is 0 Å². The zero-order chi connectivity index (χ0) is 15.7. The number of H-pyrrole nitrogens is 1. The van der Waals surface area contributed by atoms with E-state index in [-0.39, 0.29) is 27.5 Å². The predicted octanol–water partition coefficient (Wildman–Crippen LogP) is -0.791. The van der Waals surface area contributed by atoms with Crippen LogP contribution in [-0.2, 0) is 7.05 Å². The molecule has 0 bridgehead atoms. The number of nitrogens with one attached hydrogen (secondary N) is 1. The van der Waals surface area contributed by atoms with Crippen molar-refractivity contribution in [1.82, 2.24) is 24.7 Å². The van der Waals surface area contributed by atoms with Crippen molar-refractivity contribution in [2.45, 2.75) is 17.1 Å². The third-order valence-corrected chi connectivity index (χ3v) is 3.39. The van der Waals surface area contributed by atoms with Gasteiger partial charge in [-0.25, -0.2) is 4.98 Å². The Hall–Kier alpha value is -2.76. The van der Waals surface area contributed by atoms with Gasteiger partial charge in [-0.05, 0) is 18.7 Å². The first-order chi connectivity index (χ1) is 9.79. The molecule has 0 aliphatic rings. The molecule has 0 aliphatic heterocycles. The highest BCUT2D eigenvalue weighted by molar-refractivity contribution is 7.99. The molecule has 0 atom stereocenters. The first-order valence-corrected chi connectivity index (χ1v) is 6.25. The van der Waals surface area contributed by atoms with Gasteiger partial charge in [-0.2, -0.15) is 9.97 Å². The monoisotopic (exact) mass is 311 g/mol. The number of hydrogen-bond donors (Lipinski definition) is 2. The fraction of sp³-hybridized carbons (Fsp3) is 0.222. The van der Waals surface area contributed by atoms with E-state index in [4.69, 9.17) is 5.73 Å². The number of nitrogens with two attached hydrogens (primary N) is 1. The summed E-state index contributed by atoms with van der Waals surface area (Å²) >= 11 is 0.729. The Morgan fingerprint density at radius 2 is 2.00 bits per heavy atom. The van der Waals surface area contributed by atoms with Crippen molar-refractivity contribution in [1.29, 1.82) is 0 Å². The van der Waals surface area contributed by atoms with E-state index < -0.39 is 16.0 Å². The molecular weight excluding hydrogens is 302 g/mol. The molecule has 2 rings (SSSR count). The zero-order valence-corrected chi connectivity index (χ0v) is 11.7. The Kier molecular flexibility index (Phi) is 3.71. The second kappa shape index (κ2) is 5.32. The molecule has 21 heavy (non-hydrogen) atoms. The number of nitrogens with zero attached hydrogens (tertiary/aromatic N) is 5. The molecule has 0 saturated heterocycles. The lowest BCUT2D eigenvalue weighted by Crippen LogP contribution is -2.33. The van der Waals surface area contributed by atoms with Crippen LogP contribution in [0.3, 0.4) is 0 Å². The fourth-order valence-corrected chi connectivity index (χ4v) is 2.42. The van der Waals surface area contributed by atoms with E-state index in [1.54, 1.807) is 0 Å². The van der Waals surface area contributed by atoms with Crippen molar-refractivity contribution in [2.24, 2.45) is 7.05 Å². The molecular formula is C9H9N7O4S. The number of nitro groups is 1. The molecule has 0 aliphatic carbocycles. The summed E-state index contributed by atoms with van der Waals surface area (Å²) in [4.78, 5) is 43.8. The second-order valence-corrected chi connectivity index (χ2v) is 4.84. The van der Waals surface area contributed by atoms with E-state index in [2.05, 4.69) is 20.1 Å². The van der Waals surface area contributed by atoms with Crippen LogP contribution in [0.4, 0.5) is 11.6 Å². The van der Waals surface area contributed by atoms with Gasteiger partial charge in [0.2, 0.25) is 5.95 Å². The molecule has 2 aromatic rings. The second-order valence-electron chi connectivity index (χ2n) is 3.88. The summed E-state index contributed by atoms with van der Waals surface area (Å²) in [7, 11) is 1.43. The summed E-state index contributed by atoms with van der Waals surface area (Å²) in [5, 5.41) is 13.3. The number of nitrogen functional groups attached to an aromatic ring is 1. The Morgan fingerprint density at radius 1 is 1.33 bits per heavy atom. The van der Waals surface area contributed by atoms with Crippen LogP contribution < -0.4 is 16.9 Å². The summed E-state index contributed by atoms with van der Waals surface area (Å²) in [6.07, 6.45) is 0. The van der Waals surface area contributed by atoms with Gasteiger partial charge in [0.15, 0.2) is 10.2 Å². The lowest BCUT2D eigenvalue weighted by Gasteiger charge is -2.07. The smallest absolute Gasteiger partial charge is 0.339 e. The molecule has 11 nitrogen and oxygen atoms in total. The van der Waals surface area contributed by atoms with E-state index in [1.165, 1.54) is 14.0 Å². The summed E-state index contributed by atoms with van der Waals surface area (Å²) < 4.78 is 1.16. The molecule has 0 saturated carbocycles. The summed E-state index contributed by atoms with van der Waals surface area (Å²) in [5.74, 6) is -0.143. The van der Waals surface area contributed by atoms with Crippen LogP contribution in [0, 0.1) is 17.0 Å². The maximum atomic E-state index is 11.3. The molecule has 0 fully saturated rings. The van der Waals surface area contributed by atoms with Gasteiger partial charge in [-0.15, -0.1) is 0 Å². The molecule has 2 heterocycles. The number of aromatic amines is 1. The SMILES string of the molecule is Cc1nc(N)nc(Sc2nc(=O)c(=O)[nH]n2C)c1[N+](=O)[O-]. The Morgan fingerprint density at radius 3 is 2.62 bits per heavy atom. The van der Waals surface area contributed by atoms with E-state index in [1.807, 2.05) is 0 Å². The predicted molar refractivity (Wildman–Crippen MR) is 72.1 cm³/mol. The van der Waals surface area contributed by atoms with Crippen molar-refractivity contribution in [3.8, 4) is 0 Å². The van der Waals surface area contributed by atoms with E-state index in [0.717, 1.165) is 16.4 Å². The molecule has 0 spiro atoms. The first-order valence-electron chi connectivity index (χ1n) is 5.43. The van der Waals surface area contributed by atoms with Crippen LogP contribution in [0.5, 0.6) is 0 Å². The molecule has 3 N–H and O–H groups in total. The highest BCUT2D eigenvalue weighted by Gasteiger charge is 2.23. The Labute approximate surface area is 120 Å². The maximum Gasteiger partial charge on any atom is 0.339 e. The van der Waals surface area contributed by atoms with Crippen LogP contribution >= 0.6 is 11.8 Å². The lowest BCUT2D eigenvalue weighted by atomic mass is 10.4. The first kappa shape index (κ1) is 14.6. The molecule has 0 amide bonds. The van der Waals surface area contributed by atoms with Gasteiger partial charge in [0, 0.05) is 7.05 Å². The van der Waals surface area contributed by atoms with Crippen molar-refractivity contribution < 1.29 is 4.92 Å². The van der Waals surface area contributed by atoms with Crippen molar-refractivity contribution in [3.05, 3.63) is 36.5 Å². The number of aromatic nitrogens is 5. The normalized spacial score (nSPS) is 10.6. The van der Waals surface area contributed by atoms with Gasteiger partial charge < -0.3 is 5.73 Å². The number of hydrogen-bond acceptors (Lipinski definition) is 9. The van der Waals surface area contributed by atoms with Crippen molar-refractivity contribution in [2.75, 3.05) is 5.73 Å². The molecule has 2 aromatic heterocycles. The summed E-state index contributed by atoms with van der Waals surface area (Å²) in [6, 6.07) is 0. The van der Waals surface area contributed by atoms with E-state index in [0.29, 0.717) is 0 Å². The summed E-state index contributed by atoms with van der Waals surface area (Å²) in [6.45, 7) is 1.42. The minimum Gasteiger partial charge on any atom is -0.368 e. The van der Waals surface area contributed by atoms with Gasteiger partial charge in [0.1, 0.15) is 5.69 Å². The number of rotatable bonds is 3. The minimum atomic E-state index is -1.00. The van der Waals surface area contributed by atoms with Gasteiger partial charge in [-0.1, -0.05) is 0 Å². The van der Waals surface area contributed by atoms with Crippen molar-refractivity contribution >= 4 is 23.4 Å². The molecule has 12 heteroatoms. The van der Waals surface area contributed by atoms with Crippen LogP contribution in [0.1, 0.15) is 5.69 Å². The average molecular weight is 311 g/mol. The molecule has 0 aromatic carbocycles. The fourth-order valence-electron chi connectivity index (χ4n) is 1.48. The molecule has 110 valence electrons. The third kappa shape index (κ3) is 2.89. The number of anilines is 1. The van der Waals surface area contributed by atoms with E-state index >= 15 is 0 Å². The van der Waals surface area contributed by atoms with Gasteiger partial charge in [0.25, 0.3) is 0 Å². The Balaban J connectivity index is 2.59. The summed E-state index contributed by atoms with van der Waals surface area (Å²) in [5.41, 5.74) is 3.32. The maximum absolute atomic E-state index is 11.3. The standard InChI is InChI=1S/C9H9N7O4S/c1-3-4(16(19)20)7(13-8(10)11-3)21-9-12-5(17)6(18)14-15(9)2/h1-2H3,(H,14,18)(H2,10,11,13). The Bertz CT molecular complexity index is 843. The van der Waals surface area contributed by atoms with E-state index in [9.17, 15) is 19.7 Å². The molecule has 0 radical (unpaired) electrons. The highest BCUT2D eigenvalue weighted by atomic mass is 32.2. The lowest BCUT2D eigenvalue weighted by molar-refractivity contribution is -0.389. The topological polar surface area (TPSA) is 163 Å².